The van der Waals surface area contributed by atoms with E-state index in [-0.39, 0.29) is 11.3 Å². The van der Waals surface area contributed by atoms with Crippen molar-refractivity contribution in [3.8, 4) is 0 Å². The Kier molecular flexibility index (Phi) is 4.14. The Bertz CT molecular complexity index is 434. The zero-order valence-electron chi connectivity index (χ0n) is 8.98. The number of hydrogen-bond donors (Lipinski definition) is 2. The van der Waals surface area contributed by atoms with Crippen molar-refractivity contribution in [2.75, 3.05) is 5.32 Å². The van der Waals surface area contributed by atoms with Gasteiger partial charge in [-0.15, -0.1) is 0 Å². The molecular weight excluding hydrogens is 232 g/mol. The smallest absolute Gasteiger partial charge is 0.315 e. The Morgan fingerprint density at radius 1 is 1.35 bits per heavy atom. The molecule has 1 unspecified atom stereocenters. The molecule has 1 aromatic rings. The quantitative estimate of drug-likeness (QED) is 0.797. The van der Waals surface area contributed by atoms with E-state index in [2.05, 4.69) is 5.32 Å². The first-order valence-electron chi connectivity index (χ1n) is 4.83. The number of halogens is 2. The number of carboxylic acid groups (broad SMARTS) is 1. The summed E-state index contributed by atoms with van der Waals surface area (Å²) in [5, 5.41) is 10.9. The first-order chi connectivity index (χ1) is 7.91. The molecule has 17 heavy (non-hydrogen) atoms. The minimum absolute atomic E-state index is 0.154. The Balaban J connectivity index is 2.78. The Labute approximate surface area is 96.3 Å². The highest BCUT2D eigenvalue weighted by Gasteiger charge is 2.20. The molecule has 0 spiro atoms. The lowest BCUT2D eigenvalue weighted by molar-refractivity contribution is -0.144. The van der Waals surface area contributed by atoms with Crippen LogP contribution in [0.15, 0.2) is 24.3 Å². The summed E-state index contributed by atoms with van der Waals surface area (Å²) in [7, 11) is 0. The summed E-state index contributed by atoms with van der Waals surface area (Å²) >= 11 is 0. The van der Waals surface area contributed by atoms with Crippen molar-refractivity contribution < 1.29 is 23.5 Å². The van der Waals surface area contributed by atoms with Crippen LogP contribution in [-0.2, 0) is 9.59 Å². The van der Waals surface area contributed by atoms with Gasteiger partial charge in [0.15, 0.2) is 0 Å². The second-order valence-electron chi connectivity index (χ2n) is 3.48. The van der Waals surface area contributed by atoms with Crippen molar-refractivity contribution in [2.45, 2.75) is 13.3 Å². The van der Waals surface area contributed by atoms with E-state index in [0.29, 0.717) is 0 Å². The third-order valence-electron chi connectivity index (χ3n) is 2.17. The summed E-state index contributed by atoms with van der Waals surface area (Å²) < 4.78 is 24.7. The Morgan fingerprint density at radius 2 is 2.00 bits per heavy atom. The third kappa shape index (κ3) is 3.51. The van der Waals surface area contributed by atoms with Crippen LogP contribution in [0.3, 0.4) is 0 Å². The first-order valence-corrected chi connectivity index (χ1v) is 4.83. The van der Waals surface area contributed by atoms with Gasteiger partial charge in [-0.3, -0.25) is 9.59 Å². The van der Waals surface area contributed by atoms with E-state index in [1.165, 1.54) is 25.1 Å². The molecule has 1 amide bonds. The normalized spacial score (nSPS) is 12.2. The van der Waals surface area contributed by atoms with Gasteiger partial charge >= 0.3 is 5.97 Å². The number of hydrogen-bond acceptors (Lipinski definition) is 2. The van der Waals surface area contributed by atoms with Crippen LogP contribution < -0.4 is 5.32 Å². The molecule has 1 aromatic carbocycles. The fraction of sp³-hybridized carbons (Fsp3) is 0.273. The molecule has 92 valence electrons. The highest BCUT2D eigenvalue weighted by molar-refractivity contribution is 6.03. The van der Waals surface area contributed by atoms with Crippen LogP contribution in [-0.4, -0.2) is 17.0 Å². The van der Waals surface area contributed by atoms with Crippen LogP contribution >= 0.6 is 0 Å². The maximum absolute atomic E-state index is 12.4. The average molecular weight is 243 g/mol. The van der Waals surface area contributed by atoms with Crippen LogP contribution in [0.5, 0.6) is 0 Å². The van der Waals surface area contributed by atoms with Crippen molar-refractivity contribution >= 4 is 17.6 Å². The molecule has 0 aliphatic rings. The standard InChI is InChI=1S/C11H11F2NO3/c1-6(11(16)17)10(15)14-8-4-2-3-7(5-8)9(12)13/h2-6,9H,1H3,(H,14,15)(H,16,17). The number of anilines is 1. The number of benzene rings is 1. The molecule has 0 radical (unpaired) electrons. The maximum atomic E-state index is 12.4. The van der Waals surface area contributed by atoms with Gasteiger partial charge in [0.2, 0.25) is 5.91 Å². The number of amides is 1. The average Bonchev–Trinajstić information content (AvgIpc) is 2.28. The minimum Gasteiger partial charge on any atom is -0.481 e. The predicted octanol–water partition coefficient (Wildman–Crippen LogP) is 2.28. The van der Waals surface area contributed by atoms with Crippen molar-refractivity contribution in [3.63, 3.8) is 0 Å². The second kappa shape index (κ2) is 5.38. The summed E-state index contributed by atoms with van der Waals surface area (Å²) in [6.45, 7) is 1.22. The number of alkyl halides is 2. The number of carboxylic acids is 1. The van der Waals surface area contributed by atoms with Gasteiger partial charge in [0.25, 0.3) is 6.43 Å². The molecular formula is C11H11F2NO3. The summed E-state index contributed by atoms with van der Waals surface area (Å²) in [5.74, 6) is -3.25. The molecule has 0 aliphatic carbocycles. The molecule has 2 N–H and O–H groups in total. The molecule has 0 saturated carbocycles. The summed E-state index contributed by atoms with van der Waals surface area (Å²) in [5.41, 5.74) is -0.0771. The largest absolute Gasteiger partial charge is 0.481 e. The topological polar surface area (TPSA) is 66.4 Å². The second-order valence-corrected chi connectivity index (χ2v) is 3.48. The van der Waals surface area contributed by atoms with Gasteiger partial charge in [0.1, 0.15) is 5.92 Å². The number of carbonyl (C=O) groups is 2. The minimum atomic E-state index is -2.64. The van der Waals surface area contributed by atoms with Crippen molar-refractivity contribution in [1.29, 1.82) is 0 Å². The van der Waals surface area contributed by atoms with Gasteiger partial charge in [-0.2, -0.15) is 0 Å². The summed E-state index contributed by atoms with van der Waals surface area (Å²) in [4.78, 5) is 21.9. The SMILES string of the molecule is CC(C(=O)O)C(=O)Nc1cccc(C(F)F)c1. The molecule has 0 fully saturated rings. The van der Waals surface area contributed by atoms with Crippen molar-refractivity contribution in [3.05, 3.63) is 29.8 Å². The fourth-order valence-corrected chi connectivity index (χ4v) is 1.11. The zero-order valence-corrected chi connectivity index (χ0v) is 8.98. The highest BCUT2D eigenvalue weighted by atomic mass is 19.3. The molecule has 0 saturated heterocycles. The highest BCUT2D eigenvalue weighted by Crippen LogP contribution is 2.21. The van der Waals surface area contributed by atoms with E-state index in [0.717, 1.165) is 6.07 Å². The van der Waals surface area contributed by atoms with Crippen molar-refractivity contribution in [2.24, 2.45) is 5.92 Å². The fourth-order valence-electron chi connectivity index (χ4n) is 1.11. The summed E-state index contributed by atoms with van der Waals surface area (Å²) in [6, 6.07) is 5.11. The van der Waals surface area contributed by atoms with E-state index in [4.69, 9.17) is 5.11 Å². The van der Waals surface area contributed by atoms with E-state index in [9.17, 15) is 18.4 Å². The number of aliphatic carboxylic acids is 1. The summed E-state index contributed by atoms with van der Waals surface area (Å²) in [6.07, 6.45) is -2.64. The van der Waals surface area contributed by atoms with Crippen LogP contribution in [0.25, 0.3) is 0 Å². The van der Waals surface area contributed by atoms with Gasteiger partial charge < -0.3 is 10.4 Å². The van der Waals surface area contributed by atoms with Gasteiger partial charge in [0, 0.05) is 11.3 Å². The Morgan fingerprint density at radius 3 is 2.53 bits per heavy atom. The van der Waals surface area contributed by atoms with Gasteiger partial charge in [-0.05, 0) is 19.1 Å². The lowest BCUT2D eigenvalue weighted by Crippen LogP contribution is -2.26. The van der Waals surface area contributed by atoms with Crippen LogP contribution in [0.1, 0.15) is 18.9 Å². The van der Waals surface area contributed by atoms with Gasteiger partial charge in [0.05, 0.1) is 0 Å². The van der Waals surface area contributed by atoms with Crippen LogP contribution in [0, 0.1) is 5.92 Å². The van der Waals surface area contributed by atoms with Crippen LogP contribution in [0.2, 0.25) is 0 Å². The molecule has 4 nitrogen and oxygen atoms in total. The van der Waals surface area contributed by atoms with E-state index < -0.39 is 24.2 Å². The lowest BCUT2D eigenvalue weighted by Gasteiger charge is -2.09. The molecule has 1 atom stereocenters. The lowest BCUT2D eigenvalue weighted by atomic mass is 10.1. The zero-order chi connectivity index (χ0) is 13.0. The number of rotatable bonds is 4. The van der Waals surface area contributed by atoms with Gasteiger partial charge in [-0.25, -0.2) is 8.78 Å². The Hall–Kier alpha value is -1.98. The third-order valence-corrected chi connectivity index (χ3v) is 2.17. The number of carbonyl (C=O) groups excluding carboxylic acids is 1. The number of nitrogens with one attached hydrogen (secondary N) is 1. The molecule has 0 heterocycles. The molecule has 1 rings (SSSR count). The van der Waals surface area contributed by atoms with E-state index in [1.54, 1.807) is 0 Å². The van der Waals surface area contributed by atoms with Crippen LogP contribution in [0.4, 0.5) is 14.5 Å². The maximum Gasteiger partial charge on any atom is 0.315 e. The monoisotopic (exact) mass is 243 g/mol. The first kappa shape index (κ1) is 13.1. The predicted molar refractivity (Wildman–Crippen MR) is 56.8 cm³/mol. The molecule has 0 bridgehead atoms. The molecule has 6 heteroatoms. The van der Waals surface area contributed by atoms with E-state index in [1.807, 2.05) is 0 Å². The molecule has 0 aromatic heterocycles. The van der Waals surface area contributed by atoms with Crippen molar-refractivity contribution in [1.82, 2.24) is 0 Å². The van der Waals surface area contributed by atoms with Gasteiger partial charge in [-0.1, -0.05) is 12.1 Å². The van der Waals surface area contributed by atoms with E-state index >= 15 is 0 Å². The molecule has 0 aliphatic heterocycles.